The second-order valence-corrected chi connectivity index (χ2v) is 8.57. The van der Waals surface area contributed by atoms with Crippen LogP contribution < -0.4 is 16.0 Å². The van der Waals surface area contributed by atoms with E-state index < -0.39 is 11.9 Å². The van der Waals surface area contributed by atoms with Crippen LogP contribution in [0.1, 0.15) is 25.6 Å². The summed E-state index contributed by atoms with van der Waals surface area (Å²) in [6, 6.07) is 7.16. The topological polar surface area (TPSA) is 134 Å². The summed E-state index contributed by atoms with van der Waals surface area (Å²) in [5.41, 5.74) is 6.70. The number of ether oxygens (including phenoxy) is 2. The van der Waals surface area contributed by atoms with E-state index in [0.29, 0.717) is 31.7 Å². The second kappa shape index (κ2) is 11.1. The molecule has 1 aliphatic heterocycles. The van der Waals surface area contributed by atoms with Crippen molar-refractivity contribution in [2.24, 2.45) is 5.73 Å². The average molecular weight is 477 g/mol. The Bertz CT molecular complexity index is 1020. The molecule has 1 aliphatic rings. The summed E-state index contributed by atoms with van der Waals surface area (Å²) in [5.74, 6) is -1.41. The lowest BCUT2D eigenvalue weighted by molar-refractivity contribution is -0.117. The number of thiophene rings is 1. The number of nitrogens with two attached hydrogens (primary N) is 1. The monoisotopic (exact) mass is 476 g/mol. The molecule has 10 nitrogen and oxygen atoms in total. The molecule has 0 spiro atoms. The van der Waals surface area contributed by atoms with Crippen LogP contribution in [-0.2, 0) is 14.3 Å². The van der Waals surface area contributed by atoms with Gasteiger partial charge in [0, 0.05) is 33.3 Å². The van der Waals surface area contributed by atoms with Crippen LogP contribution in [0.4, 0.5) is 10.7 Å². The quantitative estimate of drug-likeness (QED) is 0.365. The number of rotatable bonds is 9. The van der Waals surface area contributed by atoms with Gasteiger partial charge < -0.3 is 30.5 Å². The first-order valence-electron chi connectivity index (χ1n) is 10.5. The van der Waals surface area contributed by atoms with Crippen molar-refractivity contribution in [3.63, 3.8) is 0 Å². The summed E-state index contributed by atoms with van der Waals surface area (Å²) < 4.78 is 10.1. The molecule has 1 aromatic carbocycles. The van der Waals surface area contributed by atoms with Crippen molar-refractivity contribution in [1.82, 2.24) is 4.90 Å². The van der Waals surface area contributed by atoms with Crippen LogP contribution in [0.5, 0.6) is 5.75 Å². The number of carbonyl (C=O) groups excluding carboxylic acids is 3. The molecule has 0 saturated carbocycles. The van der Waals surface area contributed by atoms with Gasteiger partial charge in [-0.25, -0.2) is 4.79 Å². The van der Waals surface area contributed by atoms with Gasteiger partial charge >= 0.3 is 5.97 Å². The molecule has 2 heterocycles. The summed E-state index contributed by atoms with van der Waals surface area (Å²) in [6.45, 7) is 4.56. The van der Waals surface area contributed by atoms with E-state index in [1.807, 2.05) is 17.0 Å². The zero-order chi connectivity index (χ0) is 24.0. The Morgan fingerprint density at radius 2 is 1.85 bits per heavy atom. The number of hydrogen-bond acceptors (Lipinski definition) is 9. The van der Waals surface area contributed by atoms with Crippen molar-refractivity contribution >= 4 is 39.8 Å². The first kappa shape index (κ1) is 24.5. The standard InChI is InChI=1S/C22H28N4O6S/c1-14-18(22(30)32-12-11-31-2)21(33-19(14)20(23)29)24-17(28)13-25-7-9-26(10-8-25)15-5-3-4-6-16(15)27/h3-6,27H,7-13H2,1-2H3,(H2,23,29)(H,24,28). The van der Waals surface area contributed by atoms with Gasteiger partial charge in [-0.2, -0.15) is 0 Å². The lowest BCUT2D eigenvalue weighted by Gasteiger charge is -2.35. The summed E-state index contributed by atoms with van der Waals surface area (Å²) >= 11 is 0.958. The lowest BCUT2D eigenvalue weighted by atomic mass is 10.1. The molecular formula is C22H28N4O6S. The van der Waals surface area contributed by atoms with Gasteiger partial charge in [0.1, 0.15) is 17.4 Å². The number of phenols is 1. The molecule has 0 atom stereocenters. The van der Waals surface area contributed by atoms with Crippen molar-refractivity contribution in [3.05, 3.63) is 40.3 Å². The number of carbonyl (C=O) groups is 3. The van der Waals surface area contributed by atoms with Crippen LogP contribution in [0.3, 0.4) is 0 Å². The number of amides is 2. The van der Waals surface area contributed by atoms with E-state index >= 15 is 0 Å². The van der Waals surface area contributed by atoms with Crippen molar-refractivity contribution in [1.29, 1.82) is 0 Å². The van der Waals surface area contributed by atoms with Crippen LogP contribution in [0.25, 0.3) is 0 Å². The normalized spacial score (nSPS) is 14.2. The van der Waals surface area contributed by atoms with Gasteiger partial charge in [0.15, 0.2) is 0 Å². The highest BCUT2D eigenvalue weighted by atomic mass is 32.1. The minimum absolute atomic E-state index is 0.0468. The average Bonchev–Trinajstić information content (AvgIpc) is 3.10. The SMILES string of the molecule is COCCOC(=O)c1c(NC(=O)CN2CCN(c3ccccc3O)CC2)sc(C(N)=O)c1C. The van der Waals surface area contributed by atoms with E-state index in [1.54, 1.807) is 19.1 Å². The Kier molecular flexibility index (Phi) is 8.26. The second-order valence-electron chi connectivity index (χ2n) is 7.55. The van der Waals surface area contributed by atoms with Gasteiger partial charge in [-0.05, 0) is 24.6 Å². The number of nitrogens with one attached hydrogen (secondary N) is 1. The van der Waals surface area contributed by atoms with Gasteiger partial charge in [0.2, 0.25) is 5.91 Å². The molecule has 2 aromatic rings. The Hall–Kier alpha value is -3.15. The van der Waals surface area contributed by atoms with Crippen molar-refractivity contribution in [2.75, 3.05) is 63.3 Å². The first-order valence-corrected chi connectivity index (χ1v) is 11.3. The lowest BCUT2D eigenvalue weighted by Crippen LogP contribution is -2.48. The third kappa shape index (κ3) is 6.01. The van der Waals surface area contributed by atoms with E-state index in [9.17, 15) is 19.5 Å². The minimum Gasteiger partial charge on any atom is -0.506 e. The largest absolute Gasteiger partial charge is 0.506 e. The number of hydrogen-bond donors (Lipinski definition) is 3. The zero-order valence-electron chi connectivity index (χ0n) is 18.6. The summed E-state index contributed by atoms with van der Waals surface area (Å²) in [7, 11) is 1.49. The highest BCUT2D eigenvalue weighted by molar-refractivity contribution is 7.18. The Morgan fingerprint density at radius 1 is 1.15 bits per heavy atom. The Labute approximate surface area is 195 Å². The molecular weight excluding hydrogens is 448 g/mol. The van der Waals surface area contributed by atoms with Crippen LogP contribution in [0, 0.1) is 6.92 Å². The third-order valence-electron chi connectivity index (χ3n) is 5.31. The Morgan fingerprint density at radius 3 is 2.48 bits per heavy atom. The van der Waals surface area contributed by atoms with Crippen molar-refractivity contribution in [2.45, 2.75) is 6.92 Å². The molecule has 4 N–H and O–H groups in total. The fraction of sp³-hybridized carbons (Fsp3) is 0.409. The zero-order valence-corrected chi connectivity index (χ0v) is 19.4. The van der Waals surface area contributed by atoms with Crippen LogP contribution in [0.2, 0.25) is 0 Å². The molecule has 1 aromatic heterocycles. The highest BCUT2D eigenvalue weighted by Gasteiger charge is 2.27. The molecule has 1 saturated heterocycles. The van der Waals surface area contributed by atoms with Crippen LogP contribution >= 0.6 is 11.3 Å². The van der Waals surface area contributed by atoms with Crippen molar-refractivity contribution < 1.29 is 29.0 Å². The van der Waals surface area contributed by atoms with Gasteiger partial charge in [0.25, 0.3) is 5.91 Å². The maximum absolute atomic E-state index is 12.7. The van der Waals surface area contributed by atoms with Crippen molar-refractivity contribution in [3.8, 4) is 5.75 Å². The fourth-order valence-electron chi connectivity index (χ4n) is 3.62. The summed E-state index contributed by atoms with van der Waals surface area (Å²) in [6.07, 6.45) is 0. The first-order chi connectivity index (χ1) is 15.8. The van der Waals surface area contributed by atoms with Gasteiger partial charge in [0.05, 0.1) is 29.3 Å². The maximum Gasteiger partial charge on any atom is 0.341 e. The molecule has 0 bridgehead atoms. The smallest absolute Gasteiger partial charge is 0.341 e. The molecule has 0 radical (unpaired) electrons. The number of piperazine rings is 1. The van der Waals surface area contributed by atoms with Gasteiger partial charge in [-0.3, -0.25) is 14.5 Å². The molecule has 1 fully saturated rings. The minimum atomic E-state index is -0.677. The maximum atomic E-state index is 12.7. The number of methoxy groups -OCH3 is 1. The predicted octanol–water partition coefficient (Wildman–Crippen LogP) is 1.42. The molecule has 2 amide bonds. The molecule has 11 heteroatoms. The number of primary amides is 1. The van der Waals surface area contributed by atoms with E-state index in [-0.39, 0.29) is 46.9 Å². The van der Waals surface area contributed by atoms with E-state index in [1.165, 1.54) is 7.11 Å². The number of nitrogens with zero attached hydrogens (tertiary/aromatic N) is 2. The number of benzene rings is 1. The number of anilines is 2. The van der Waals surface area contributed by atoms with Crippen LogP contribution in [-0.4, -0.2) is 80.8 Å². The van der Waals surface area contributed by atoms with E-state index in [0.717, 1.165) is 17.0 Å². The van der Waals surface area contributed by atoms with Gasteiger partial charge in [-0.1, -0.05) is 12.1 Å². The fourth-order valence-corrected chi connectivity index (χ4v) is 4.68. The molecule has 3 rings (SSSR count). The number of esters is 1. The van der Waals surface area contributed by atoms with E-state index in [2.05, 4.69) is 10.2 Å². The number of para-hydroxylation sites is 2. The van der Waals surface area contributed by atoms with E-state index in [4.69, 9.17) is 15.2 Å². The molecule has 178 valence electrons. The summed E-state index contributed by atoms with van der Waals surface area (Å²) in [4.78, 5) is 41.3. The third-order valence-corrected chi connectivity index (χ3v) is 6.53. The highest BCUT2D eigenvalue weighted by Crippen LogP contribution is 2.33. The summed E-state index contributed by atoms with van der Waals surface area (Å²) in [5, 5.41) is 13.0. The number of aromatic hydroxyl groups is 1. The Balaban J connectivity index is 1.63. The van der Waals surface area contributed by atoms with Crippen LogP contribution in [0.15, 0.2) is 24.3 Å². The molecule has 0 aliphatic carbocycles. The predicted molar refractivity (Wildman–Crippen MR) is 125 cm³/mol. The van der Waals surface area contributed by atoms with Gasteiger partial charge in [-0.15, -0.1) is 11.3 Å². The molecule has 33 heavy (non-hydrogen) atoms. The molecule has 0 unspecified atom stereocenters. The number of phenolic OH excluding ortho intramolecular Hbond substituents is 1.